The predicted molar refractivity (Wildman–Crippen MR) is 110 cm³/mol. The van der Waals surface area contributed by atoms with Gasteiger partial charge in [-0.15, -0.1) is 0 Å². The van der Waals surface area contributed by atoms with Crippen molar-refractivity contribution in [2.45, 2.75) is 6.92 Å². The van der Waals surface area contributed by atoms with Gasteiger partial charge in [0.15, 0.2) is 12.2 Å². The number of nitrogens with one attached hydrogen (secondary N) is 1. The van der Waals surface area contributed by atoms with E-state index in [-0.39, 0.29) is 5.56 Å². The molecule has 0 aliphatic heterocycles. The summed E-state index contributed by atoms with van der Waals surface area (Å²) >= 11 is 0. The van der Waals surface area contributed by atoms with Gasteiger partial charge in [-0.25, -0.2) is 9.78 Å². The lowest BCUT2D eigenvalue weighted by Gasteiger charge is -2.09. The number of hydrogen-bond acceptors (Lipinski definition) is 5. The van der Waals surface area contributed by atoms with E-state index in [2.05, 4.69) is 10.3 Å². The number of amides is 1. The molecular formula is C23H18N2O4. The number of aryl methyl sites for hydroxylation is 1. The third-order valence-electron chi connectivity index (χ3n) is 4.31. The van der Waals surface area contributed by atoms with Crippen molar-refractivity contribution >= 4 is 28.7 Å². The van der Waals surface area contributed by atoms with E-state index in [1.165, 1.54) is 0 Å². The molecule has 0 saturated carbocycles. The molecule has 0 aliphatic rings. The fraction of sp³-hybridized carbons (Fsp3) is 0.0870. The normalized spacial score (nSPS) is 10.7. The van der Waals surface area contributed by atoms with Gasteiger partial charge in [-0.05, 0) is 48.9 Å². The van der Waals surface area contributed by atoms with Crippen molar-refractivity contribution in [3.63, 3.8) is 0 Å². The average Bonchev–Trinajstić information content (AvgIpc) is 3.16. The molecular weight excluding hydrogens is 368 g/mol. The number of rotatable bonds is 5. The number of ether oxygens (including phenoxy) is 1. The first-order valence-corrected chi connectivity index (χ1v) is 9.09. The summed E-state index contributed by atoms with van der Waals surface area (Å²) < 4.78 is 11.0. The van der Waals surface area contributed by atoms with Crippen LogP contribution in [0.3, 0.4) is 0 Å². The Bertz CT molecular complexity index is 1160. The third kappa shape index (κ3) is 4.16. The molecule has 4 aromatic rings. The number of para-hydroxylation sites is 2. The molecule has 1 aromatic heterocycles. The topological polar surface area (TPSA) is 81.4 Å². The third-order valence-corrected chi connectivity index (χ3v) is 4.31. The van der Waals surface area contributed by atoms with Crippen LogP contribution in [0.2, 0.25) is 0 Å². The summed E-state index contributed by atoms with van der Waals surface area (Å²) in [7, 11) is 0. The number of hydrogen-bond donors (Lipinski definition) is 1. The highest BCUT2D eigenvalue weighted by atomic mass is 16.5. The van der Waals surface area contributed by atoms with E-state index in [9.17, 15) is 9.59 Å². The molecule has 1 heterocycles. The van der Waals surface area contributed by atoms with Crippen molar-refractivity contribution in [2.75, 3.05) is 11.9 Å². The quantitative estimate of drug-likeness (QED) is 0.507. The van der Waals surface area contributed by atoms with E-state index in [0.29, 0.717) is 28.2 Å². The van der Waals surface area contributed by atoms with Crippen molar-refractivity contribution in [2.24, 2.45) is 0 Å². The molecule has 0 aliphatic carbocycles. The number of oxazole rings is 1. The number of esters is 1. The van der Waals surface area contributed by atoms with Crippen molar-refractivity contribution in [1.82, 2.24) is 4.98 Å². The molecule has 0 atom stereocenters. The van der Waals surface area contributed by atoms with Crippen LogP contribution in [0.25, 0.3) is 22.6 Å². The summed E-state index contributed by atoms with van der Waals surface area (Å²) in [5, 5.41) is 2.71. The Morgan fingerprint density at radius 1 is 1.00 bits per heavy atom. The Morgan fingerprint density at radius 3 is 2.62 bits per heavy atom. The van der Waals surface area contributed by atoms with Crippen LogP contribution in [-0.4, -0.2) is 23.5 Å². The van der Waals surface area contributed by atoms with E-state index in [1.54, 1.807) is 30.3 Å². The van der Waals surface area contributed by atoms with Crippen LogP contribution in [0.15, 0.2) is 77.2 Å². The Hall–Kier alpha value is -3.93. The molecule has 6 heteroatoms. The van der Waals surface area contributed by atoms with Crippen molar-refractivity contribution in [1.29, 1.82) is 0 Å². The van der Waals surface area contributed by atoms with Crippen LogP contribution in [-0.2, 0) is 9.53 Å². The van der Waals surface area contributed by atoms with Gasteiger partial charge in [0.2, 0.25) is 5.89 Å². The van der Waals surface area contributed by atoms with E-state index in [4.69, 9.17) is 9.15 Å². The zero-order chi connectivity index (χ0) is 20.2. The van der Waals surface area contributed by atoms with Gasteiger partial charge in [-0.2, -0.15) is 0 Å². The lowest BCUT2D eigenvalue weighted by Crippen LogP contribution is -2.21. The lowest BCUT2D eigenvalue weighted by atomic mass is 10.1. The number of nitrogens with zero attached hydrogens (tertiary/aromatic N) is 1. The first kappa shape index (κ1) is 18.4. The maximum Gasteiger partial charge on any atom is 0.339 e. The summed E-state index contributed by atoms with van der Waals surface area (Å²) in [6, 6.07) is 21.6. The molecule has 1 N–H and O–H groups in total. The van der Waals surface area contributed by atoms with Crippen LogP contribution in [0.1, 0.15) is 15.9 Å². The Morgan fingerprint density at radius 2 is 1.79 bits per heavy atom. The van der Waals surface area contributed by atoms with Crippen molar-refractivity contribution in [3.8, 4) is 11.5 Å². The molecule has 0 unspecified atom stereocenters. The van der Waals surface area contributed by atoms with Crippen LogP contribution in [0, 0.1) is 6.92 Å². The minimum atomic E-state index is -0.623. The molecule has 144 valence electrons. The predicted octanol–water partition coefficient (Wildman–Crippen LogP) is 4.60. The van der Waals surface area contributed by atoms with Crippen LogP contribution in [0.5, 0.6) is 0 Å². The minimum Gasteiger partial charge on any atom is -0.452 e. The van der Waals surface area contributed by atoms with E-state index in [0.717, 1.165) is 5.56 Å². The summed E-state index contributed by atoms with van der Waals surface area (Å²) in [5.74, 6) is -0.714. The molecule has 3 aromatic carbocycles. The maximum atomic E-state index is 12.6. The van der Waals surface area contributed by atoms with Gasteiger partial charge >= 0.3 is 5.97 Å². The molecule has 29 heavy (non-hydrogen) atoms. The zero-order valence-corrected chi connectivity index (χ0v) is 15.7. The van der Waals surface area contributed by atoms with Gasteiger partial charge in [0.05, 0.1) is 11.1 Å². The molecule has 0 spiro atoms. The lowest BCUT2D eigenvalue weighted by molar-refractivity contribution is -0.119. The molecule has 0 fully saturated rings. The Kier molecular flexibility index (Phi) is 5.07. The molecule has 4 rings (SSSR count). The highest BCUT2D eigenvalue weighted by Gasteiger charge is 2.19. The summed E-state index contributed by atoms with van der Waals surface area (Å²) in [4.78, 5) is 29.1. The highest BCUT2D eigenvalue weighted by molar-refractivity contribution is 5.99. The molecule has 1 amide bonds. The van der Waals surface area contributed by atoms with Crippen molar-refractivity contribution < 1.29 is 18.7 Å². The fourth-order valence-electron chi connectivity index (χ4n) is 2.96. The van der Waals surface area contributed by atoms with Gasteiger partial charge in [0.1, 0.15) is 5.52 Å². The fourth-order valence-corrected chi connectivity index (χ4v) is 2.96. The smallest absolute Gasteiger partial charge is 0.339 e. The second-order valence-corrected chi connectivity index (χ2v) is 6.53. The molecule has 0 saturated heterocycles. The summed E-state index contributed by atoms with van der Waals surface area (Å²) in [6.45, 7) is 1.54. The summed E-state index contributed by atoms with van der Waals surface area (Å²) in [6.07, 6.45) is 0. The summed E-state index contributed by atoms with van der Waals surface area (Å²) in [5.41, 5.74) is 3.78. The van der Waals surface area contributed by atoms with Crippen LogP contribution >= 0.6 is 0 Å². The Balaban J connectivity index is 1.48. The number of carbonyl (C=O) groups excluding carboxylic acids is 2. The largest absolute Gasteiger partial charge is 0.452 e. The highest BCUT2D eigenvalue weighted by Crippen LogP contribution is 2.27. The average molecular weight is 386 g/mol. The number of carbonyl (C=O) groups is 2. The Labute approximate surface area is 167 Å². The van der Waals surface area contributed by atoms with E-state index >= 15 is 0 Å². The first-order chi connectivity index (χ1) is 14.1. The van der Waals surface area contributed by atoms with Gasteiger partial charge < -0.3 is 14.5 Å². The number of anilines is 1. The molecule has 0 bridgehead atoms. The molecule has 6 nitrogen and oxygen atoms in total. The van der Waals surface area contributed by atoms with Gasteiger partial charge in [0.25, 0.3) is 5.91 Å². The zero-order valence-electron chi connectivity index (χ0n) is 15.7. The number of fused-ring (bicyclic) bond motifs is 1. The van der Waals surface area contributed by atoms with Gasteiger partial charge in [-0.1, -0.05) is 36.4 Å². The standard InChI is InChI=1S/C23H18N2O4/c1-15-7-6-8-16(13-15)24-21(26)14-28-23(27)18-10-3-2-9-17(18)22-25-19-11-4-5-12-20(19)29-22/h2-13H,14H2,1H3,(H,24,26). The number of aromatic nitrogens is 1. The monoisotopic (exact) mass is 386 g/mol. The van der Waals surface area contributed by atoms with Crippen LogP contribution in [0.4, 0.5) is 5.69 Å². The van der Waals surface area contributed by atoms with Gasteiger partial charge in [0, 0.05) is 5.69 Å². The van der Waals surface area contributed by atoms with Gasteiger partial charge in [-0.3, -0.25) is 4.79 Å². The van der Waals surface area contributed by atoms with Crippen LogP contribution < -0.4 is 5.32 Å². The second-order valence-electron chi connectivity index (χ2n) is 6.53. The minimum absolute atomic E-state index is 0.280. The van der Waals surface area contributed by atoms with E-state index < -0.39 is 18.5 Å². The van der Waals surface area contributed by atoms with Crippen molar-refractivity contribution in [3.05, 3.63) is 83.9 Å². The SMILES string of the molecule is Cc1cccc(NC(=O)COC(=O)c2ccccc2-c2nc3ccccc3o2)c1. The second kappa shape index (κ2) is 7.98. The number of benzene rings is 3. The first-order valence-electron chi connectivity index (χ1n) is 9.09. The molecule has 0 radical (unpaired) electrons. The van der Waals surface area contributed by atoms with E-state index in [1.807, 2.05) is 49.4 Å². The maximum absolute atomic E-state index is 12.6.